The highest BCUT2D eigenvalue weighted by atomic mass is 16.6. The molecular formula is C15H19N3O5. The number of amides is 1. The van der Waals surface area contributed by atoms with Gasteiger partial charge in [0.05, 0.1) is 4.92 Å². The zero-order valence-corrected chi connectivity index (χ0v) is 12.8. The number of nitro benzene ring substituents is 1. The molecule has 0 fully saturated rings. The average Bonchev–Trinajstić information content (AvgIpc) is 2.49. The van der Waals surface area contributed by atoms with Crippen molar-refractivity contribution in [1.29, 1.82) is 0 Å². The normalized spacial score (nSPS) is 14.6. The second-order valence-corrected chi connectivity index (χ2v) is 5.51. The number of hydrogen-bond donors (Lipinski definition) is 3. The number of nitrogens with one attached hydrogen (secondary N) is 2. The Hall–Kier alpha value is -2.64. The van der Waals surface area contributed by atoms with Gasteiger partial charge in [-0.3, -0.25) is 14.9 Å². The highest BCUT2D eigenvalue weighted by Gasteiger charge is 2.25. The summed E-state index contributed by atoms with van der Waals surface area (Å²) < 4.78 is 0. The topological polar surface area (TPSA) is 122 Å². The zero-order chi connectivity index (χ0) is 17.0. The minimum absolute atomic E-state index is 0.111. The Morgan fingerprint density at radius 2 is 2.22 bits per heavy atom. The summed E-state index contributed by atoms with van der Waals surface area (Å²) in [5.74, 6) is -1.22. The summed E-state index contributed by atoms with van der Waals surface area (Å²) in [6, 6.07) is 1.94. The van der Waals surface area contributed by atoms with E-state index in [1.54, 1.807) is 0 Å². The molecule has 0 unspecified atom stereocenters. The summed E-state index contributed by atoms with van der Waals surface area (Å²) in [5, 5.41) is 25.9. The number of benzene rings is 1. The molecule has 23 heavy (non-hydrogen) atoms. The van der Waals surface area contributed by atoms with Crippen LogP contribution in [0.5, 0.6) is 0 Å². The molecule has 1 aliphatic heterocycles. The maximum Gasteiger partial charge on any atom is 0.326 e. The van der Waals surface area contributed by atoms with Gasteiger partial charge in [-0.1, -0.05) is 19.8 Å². The third kappa shape index (κ3) is 3.97. The Kier molecular flexibility index (Phi) is 5.15. The molecule has 1 aromatic rings. The molecule has 0 radical (unpaired) electrons. The van der Waals surface area contributed by atoms with Crippen LogP contribution in [0.3, 0.4) is 0 Å². The molecule has 0 bridgehead atoms. The number of nitro groups is 1. The largest absolute Gasteiger partial charge is 0.480 e. The fourth-order valence-electron chi connectivity index (χ4n) is 2.54. The Balaban J connectivity index is 2.35. The molecule has 124 valence electrons. The minimum atomic E-state index is -1.06. The van der Waals surface area contributed by atoms with Crippen molar-refractivity contribution in [3.8, 4) is 0 Å². The molecule has 0 aliphatic carbocycles. The van der Waals surface area contributed by atoms with E-state index in [0.717, 1.165) is 6.42 Å². The van der Waals surface area contributed by atoms with Crippen LogP contribution in [-0.4, -0.2) is 27.9 Å². The molecular weight excluding hydrogens is 302 g/mol. The Labute approximate surface area is 133 Å². The molecule has 8 heteroatoms. The number of unbranched alkanes of at least 4 members (excludes halogenated alkanes) is 1. The lowest BCUT2D eigenvalue weighted by Crippen LogP contribution is -2.29. The highest BCUT2D eigenvalue weighted by Crippen LogP contribution is 2.34. The SMILES string of the molecule is CCCC[C@H](Nc1cc2c(cc1[N+](=O)[O-])CCC(=O)N2)C(=O)O. The van der Waals surface area contributed by atoms with Gasteiger partial charge in [0.25, 0.3) is 5.69 Å². The van der Waals surface area contributed by atoms with Crippen molar-refractivity contribution >= 4 is 28.9 Å². The summed E-state index contributed by atoms with van der Waals surface area (Å²) in [6.07, 6.45) is 2.60. The van der Waals surface area contributed by atoms with Crippen LogP contribution < -0.4 is 10.6 Å². The lowest BCUT2D eigenvalue weighted by atomic mass is 10.0. The molecule has 8 nitrogen and oxygen atoms in total. The number of carbonyl (C=O) groups is 2. The quantitative estimate of drug-likeness (QED) is 0.524. The van der Waals surface area contributed by atoms with Crippen LogP contribution >= 0.6 is 0 Å². The van der Waals surface area contributed by atoms with Gasteiger partial charge in [-0.2, -0.15) is 0 Å². The number of anilines is 2. The van der Waals surface area contributed by atoms with Gasteiger partial charge in [0, 0.05) is 18.2 Å². The van der Waals surface area contributed by atoms with Gasteiger partial charge in [-0.25, -0.2) is 4.79 Å². The van der Waals surface area contributed by atoms with Gasteiger partial charge in [-0.05, 0) is 24.5 Å². The van der Waals surface area contributed by atoms with Gasteiger partial charge >= 0.3 is 5.97 Å². The number of carboxylic acid groups (broad SMARTS) is 1. The first-order valence-electron chi connectivity index (χ1n) is 7.53. The van der Waals surface area contributed by atoms with E-state index in [1.807, 2.05) is 6.92 Å². The fourth-order valence-corrected chi connectivity index (χ4v) is 2.54. The molecule has 3 N–H and O–H groups in total. The molecule has 0 saturated carbocycles. The first kappa shape index (κ1) is 16.7. The van der Waals surface area contributed by atoms with Crippen molar-refractivity contribution in [2.45, 2.75) is 45.1 Å². The van der Waals surface area contributed by atoms with Crippen LogP contribution in [0.25, 0.3) is 0 Å². The fraction of sp³-hybridized carbons (Fsp3) is 0.467. The number of carbonyl (C=O) groups excluding carboxylic acids is 1. The van der Waals surface area contributed by atoms with Crippen molar-refractivity contribution in [3.63, 3.8) is 0 Å². The summed E-state index contributed by atoms with van der Waals surface area (Å²) in [5.41, 5.74) is 1.11. The molecule has 0 aromatic heterocycles. The van der Waals surface area contributed by atoms with Crippen molar-refractivity contribution in [2.75, 3.05) is 10.6 Å². The number of carboxylic acids is 1. The van der Waals surface area contributed by atoms with Gasteiger partial charge in [0.15, 0.2) is 0 Å². The lowest BCUT2D eigenvalue weighted by molar-refractivity contribution is -0.384. The van der Waals surface area contributed by atoms with Crippen LogP contribution in [-0.2, 0) is 16.0 Å². The van der Waals surface area contributed by atoms with E-state index in [4.69, 9.17) is 0 Å². The Bertz CT molecular complexity index is 644. The Morgan fingerprint density at radius 1 is 1.48 bits per heavy atom. The van der Waals surface area contributed by atoms with E-state index in [-0.39, 0.29) is 23.7 Å². The van der Waals surface area contributed by atoms with Crippen LogP contribution in [0.4, 0.5) is 17.1 Å². The van der Waals surface area contributed by atoms with Crippen molar-refractivity contribution in [2.24, 2.45) is 0 Å². The van der Waals surface area contributed by atoms with Crippen LogP contribution in [0, 0.1) is 10.1 Å². The third-order valence-corrected chi connectivity index (χ3v) is 3.79. The van der Waals surface area contributed by atoms with Crippen LogP contribution in [0.2, 0.25) is 0 Å². The van der Waals surface area contributed by atoms with Gasteiger partial charge in [0.1, 0.15) is 11.7 Å². The molecule has 0 saturated heterocycles. The summed E-state index contributed by atoms with van der Waals surface area (Å²) >= 11 is 0. The Morgan fingerprint density at radius 3 is 2.83 bits per heavy atom. The highest BCUT2D eigenvalue weighted by molar-refractivity contribution is 5.95. The second kappa shape index (κ2) is 7.08. The molecule has 0 spiro atoms. The first-order chi connectivity index (χ1) is 10.9. The van der Waals surface area contributed by atoms with E-state index in [0.29, 0.717) is 30.5 Å². The second-order valence-electron chi connectivity index (χ2n) is 5.51. The van der Waals surface area contributed by atoms with Crippen LogP contribution in [0.15, 0.2) is 12.1 Å². The molecule has 1 amide bonds. The average molecular weight is 321 g/mol. The molecule has 1 heterocycles. The number of aryl methyl sites for hydroxylation is 1. The summed E-state index contributed by atoms with van der Waals surface area (Å²) in [6.45, 7) is 1.94. The smallest absolute Gasteiger partial charge is 0.326 e. The van der Waals surface area contributed by atoms with Crippen molar-refractivity contribution in [1.82, 2.24) is 0 Å². The van der Waals surface area contributed by atoms with Crippen molar-refractivity contribution < 1.29 is 19.6 Å². The predicted molar refractivity (Wildman–Crippen MR) is 84.6 cm³/mol. The molecule has 1 atom stereocenters. The maximum absolute atomic E-state index is 11.5. The van der Waals surface area contributed by atoms with Gasteiger partial charge < -0.3 is 15.7 Å². The minimum Gasteiger partial charge on any atom is -0.480 e. The van der Waals surface area contributed by atoms with E-state index < -0.39 is 16.9 Å². The van der Waals surface area contributed by atoms with E-state index >= 15 is 0 Å². The van der Waals surface area contributed by atoms with Crippen LogP contribution in [0.1, 0.15) is 38.2 Å². The van der Waals surface area contributed by atoms with Gasteiger partial charge in [0.2, 0.25) is 5.91 Å². The lowest BCUT2D eigenvalue weighted by Gasteiger charge is -2.20. The first-order valence-corrected chi connectivity index (χ1v) is 7.53. The molecule has 2 rings (SSSR count). The number of hydrogen-bond acceptors (Lipinski definition) is 5. The zero-order valence-electron chi connectivity index (χ0n) is 12.8. The van der Waals surface area contributed by atoms with E-state index in [9.17, 15) is 24.8 Å². The standard InChI is InChI=1S/C15H19N3O5/c1-2-3-4-10(15(20)21)16-12-8-11-9(5-6-14(19)17-11)7-13(12)18(22)23/h7-8,10,16H,2-6H2,1H3,(H,17,19)(H,20,21)/t10-/m0/s1. The number of aliphatic carboxylic acids is 1. The van der Waals surface area contributed by atoms with Gasteiger partial charge in [-0.15, -0.1) is 0 Å². The van der Waals surface area contributed by atoms with E-state index in [2.05, 4.69) is 10.6 Å². The predicted octanol–water partition coefficient (Wildman–Crippen LogP) is 2.53. The van der Waals surface area contributed by atoms with Crippen molar-refractivity contribution in [3.05, 3.63) is 27.8 Å². The summed E-state index contributed by atoms with van der Waals surface area (Å²) in [7, 11) is 0. The number of fused-ring (bicyclic) bond motifs is 1. The third-order valence-electron chi connectivity index (χ3n) is 3.79. The number of nitrogens with zero attached hydrogens (tertiary/aromatic N) is 1. The molecule has 1 aromatic carbocycles. The number of rotatable bonds is 7. The maximum atomic E-state index is 11.5. The monoisotopic (exact) mass is 321 g/mol. The molecule has 1 aliphatic rings. The van der Waals surface area contributed by atoms with E-state index in [1.165, 1.54) is 12.1 Å². The summed E-state index contributed by atoms with van der Waals surface area (Å²) in [4.78, 5) is 33.5.